The lowest BCUT2D eigenvalue weighted by atomic mass is 10.1. The maximum Gasteiger partial charge on any atom is 0.319 e. The third-order valence-corrected chi connectivity index (χ3v) is 2.82. The molecule has 2 amide bonds. The van der Waals surface area contributed by atoms with Crippen LogP contribution in [0.4, 0.5) is 10.5 Å². The molecular formula is C15H19N3O3. The van der Waals surface area contributed by atoms with Crippen molar-refractivity contribution in [2.75, 3.05) is 19.0 Å². The Hall–Kier alpha value is -2.55. The Morgan fingerprint density at radius 2 is 1.95 bits per heavy atom. The summed E-state index contributed by atoms with van der Waals surface area (Å²) >= 11 is 0. The van der Waals surface area contributed by atoms with Crippen molar-refractivity contribution < 1.29 is 14.3 Å². The molecule has 0 saturated carbocycles. The smallest absolute Gasteiger partial charge is 0.319 e. The van der Waals surface area contributed by atoms with Crippen molar-refractivity contribution in [2.45, 2.75) is 25.7 Å². The molecule has 0 saturated heterocycles. The van der Waals surface area contributed by atoms with E-state index in [1.54, 1.807) is 24.3 Å². The van der Waals surface area contributed by atoms with E-state index in [0.717, 1.165) is 5.56 Å². The molecule has 6 nitrogen and oxygen atoms in total. The molecule has 0 radical (unpaired) electrons. The van der Waals surface area contributed by atoms with Gasteiger partial charge in [-0.25, -0.2) is 4.79 Å². The first-order chi connectivity index (χ1) is 10.2. The summed E-state index contributed by atoms with van der Waals surface area (Å²) in [6.07, 6.45) is 2.10. The SMILES string of the molecule is COC(=O)CCCCNC(=O)Nc1ccc(CC#N)cc1. The second kappa shape index (κ2) is 9.37. The molecule has 0 spiro atoms. The summed E-state index contributed by atoms with van der Waals surface area (Å²) in [6, 6.07) is 8.88. The summed E-state index contributed by atoms with van der Waals surface area (Å²) in [5.41, 5.74) is 1.58. The normalized spacial score (nSPS) is 9.52. The topological polar surface area (TPSA) is 91.2 Å². The van der Waals surface area contributed by atoms with Crippen molar-refractivity contribution in [2.24, 2.45) is 0 Å². The molecule has 0 heterocycles. The molecule has 21 heavy (non-hydrogen) atoms. The molecule has 0 aromatic heterocycles. The van der Waals surface area contributed by atoms with Crippen molar-refractivity contribution in [3.63, 3.8) is 0 Å². The highest BCUT2D eigenvalue weighted by Gasteiger charge is 2.02. The molecule has 0 aliphatic heterocycles. The number of nitriles is 1. The molecule has 1 aromatic rings. The largest absolute Gasteiger partial charge is 0.469 e. The number of ether oxygens (including phenoxy) is 1. The molecule has 1 rings (SSSR count). The summed E-state index contributed by atoms with van der Waals surface area (Å²) in [6.45, 7) is 0.495. The maximum absolute atomic E-state index is 11.6. The van der Waals surface area contributed by atoms with Crippen molar-refractivity contribution in [1.29, 1.82) is 5.26 Å². The molecule has 0 fully saturated rings. The van der Waals surface area contributed by atoms with E-state index >= 15 is 0 Å². The molecule has 1 aromatic carbocycles. The number of hydrogen-bond acceptors (Lipinski definition) is 4. The predicted octanol–water partition coefficient (Wildman–Crippen LogP) is 2.22. The molecule has 6 heteroatoms. The fourth-order valence-electron chi connectivity index (χ4n) is 1.67. The zero-order valence-corrected chi connectivity index (χ0v) is 12.0. The Labute approximate surface area is 124 Å². The number of carbonyl (C=O) groups excluding carboxylic acids is 2. The zero-order valence-electron chi connectivity index (χ0n) is 12.0. The number of anilines is 1. The standard InChI is InChI=1S/C15H19N3O3/c1-21-14(19)4-2-3-11-17-15(20)18-13-7-5-12(6-8-13)9-10-16/h5-8H,2-4,9,11H2,1H3,(H2,17,18,20). The van der Waals surface area contributed by atoms with Crippen molar-refractivity contribution in [3.05, 3.63) is 29.8 Å². The number of nitrogens with zero attached hydrogens (tertiary/aromatic N) is 1. The first-order valence-electron chi connectivity index (χ1n) is 6.73. The molecule has 0 bridgehead atoms. The molecule has 2 N–H and O–H groups in total. The number of rotatable bonds is 7. The number of benzene rings is 1. The number of urea groups is 1. The van der Waals surface area contributed by atoms with Crippen LogP contribution in [0.2, 0.25) is 0 Å². The van der Waals surface area contributed by atoms with Crippen LogP contribution in [0.3, 0.4) is 0 Å². The average molecular weight is 289 g/mol. The van der Waals surface area contributed by atoms with Gasteiger partial charge in [0.2, 0.25) is 0 Å². The minimum atomic E-state index is -0.291. The van der Waals surface area contributed by atoms with Crippen LogP contribution in [0, 0.1) is 11.3 Å². The van der Waals surface area contributed by atoms with Crippen LogP contribution in [0.25, 0.3) is 0 Å². The molecule has 0 unspecified atom stereocenters. The van der Waals surface area contributed by atoms with Crippen LogP contribution < -0.4 is 10.6 Å². The number of carbonyl (C=O) groups is 2. The number of methoxy groups -OCH3 is 1. The van der Waals surface area contributed by atoms with Crippen LogP contribution in [0.15, 0.2) is 24.3 Å². The van der Waals surface area contributed by atoms with Gasteiger partial charge in [0, 0.05) is 18.7 Å². The lowest BCUT2D eigenvalue weighted by molar-refractivity contribution is -0.140. The summed E-state index contributed by atoms with van der Waals surface area (Å²) in [5.74, 6) is -0.239. The van der Waals surface area contributed by atoms with Gasteiger partial charge >= 0.3 is 12.0 Å². The Morgan fingerprint density at radius 1 is 1.24 bits per heavy atom. The highest BCUT2D eigenvalue weighted by molar-refractivity contribution is 5.89. The zero-order chi connectivity index (χ0) is 15.5. The van der Waals surface area contributed by atoms with Gasteiger partial charge in [-0.3, -0.25) is 4.79 Å². The minimum Gasteiger partial charge on any atom is -0.469 e. The van der Waals surface area contributed by atoms with Gasteiger partial charge in [0.15, 0.2) is 0 Å². The Kier molecular flexibility index (Phi) is 7.36. The van der Waals surface area contributed by atoms with Crippen molar-refractivity contribution in [1.82, 2.24) is 5.32 Å². The lowest BCUT2D eigenvalue weighted by Gasteiger charge is -2.07. The molecule has 0 atom stereocenters. The summed E-state index contributed by atoms with van der Waals surface area (Å²) in [7, 11) is 1.36. The molecule has 112 valence electrons. The Bertz CT molecular complexity index is 506. The van der Waals surface area contributed by atoms with Crippen LogP contribution in [0.1, 0.15) is 24.8 Å². The van der Waals surface area contributed by atoms with Gasteiger partial charge in [-0.1, -0.05) is 12.1 Å². The van der Waals surface area contributed by atoms with Gasteiger partial charge in [-0.15, -0.1) is 0 Å². The van der Waals surface area contributed by atoms with Crippen molar-refractivity contribution >= 4 is 17.7 Å². The third kappa shape index (κ3) is 6.97. The third-order valence-electron chi connectivity index (χ3n) is 2.82. The quantitative estimate of drug-likeness (QED) is 0.594. The van der Waals surface area contributed by atoms with Crippen LogP contribution in [-0.4, -0.2) is 25.7 Å². The van der Waals surface area contributed by atoms with Crippen LogP contribution >= 0.6 is 0 Å². The average Bonchev–Trinajstić information content (AvgIpc) is 2.49. The minimum absolute atomic E-state index is 0.239. The van der Waals surface area contributed by atoms with E-state index in [1.807, 2.05) is 0 Å². The number of unbranched alkanes of at least 4 members (excludes halogenated alkanes) is 1. The van der Waals surface area contributed by atoms with Gasteiger partial charge in [0.25, 0.3) is 0 Å². The Morgan fingerprint density at radius 3 is 2.57 bits per heavy atom. The number of hydrogen-bond donors (Lipinski definition) is 2. The summed E-state index contributed by atoms with van der Waals surface area (Å²) < 4.78 is 4.53. The second-order valence-electron chi connectivity index (χ2n) is 4.45. The lowest BCUT2D eigenvalue weighted by Crippen LogP contribution is -2.29. The second-order valence-corrected chi connectivity index (χ2v) is 4.45. The highest BCUT2D eigenvalue weighted by Crippen LogP contribution is 2.09. The van der Waals surface area contributed by atoms with Gasteiger partial charge in [0.05, 0.1) is 19.6 Å². The monoisotopic (exact) mass is 289 g/mol. The van der Waals surface area contributed by atoms with E-state index in [-0.39, 0.29) is 12.0 Å². The maximum atomic E-state index is 11.6. The summed E-state index contributed by atoms with van der Waals surface area (Å²) in [4.78, 5) is 22.5. The predicted molar refractivity (Wildman–Crippen MR) is 78.6 cm³/mol. The van der Waals surface area contributed by atoms with E-state index in [9.17, 15) is 9.59 Å². The van der Waals surface area contributed by atoms with Crippen molar-refractivity contribution in [3.8, 4) is 6.07 Å². The van der Waals surface area contributed by atoms with Gasteiger partial charge < -0.3 is 15.4 Å². The van der Waals surface area contributed by atoms with E-state index in [1.165, 1.54) is 7.11 Å². The van der Waals surface area contributed by atoms with E-state index in [2.05, 4.69) is 21.4 Å². The van der Waals surface area contributed by atoms with Gasteiger partial charge in [0.1, 0.15) is 0 Å². The highest BCUT2D eigenvalue weighted by atomic mass is 16.5. The van der Waals surface area contributed by atoms with Gasteiger partial charge in [-0.2, -0.15) is 5.26 Å². The van der Waals surface area contributed by atoms with E-state index < -0.39 is 0 Å². The first kappa shape index (κ1) is 16.5. The molecule has 0 aliphatic carbocycles. The van der Waals surface area contributed by atoms with Crippen LogP contribution in [-0.2, 0) is 16.0 Å². The van der Waals surface area contributed by atoms with E-state index in [4.69, 9.17) is 5.26 Å². The number of nitrogens with one attached hydrogen (secondary N) is 2. The van der Waals surface area contributed by atoms with E-state index in [0.29, 0.717) is 37.9 Å². The Balaban J connectivity index is 2.21. The molecule has 0 aliphatic rings. The number of esters is 1. The first-order valence-corrected chi connectivity index (χ1v) is 6.73. The fraction of sp³-hybridized carbons (Fsp3) is 0.400. The van der Waals surface area contributed by atoms with Crippen LogP contribution in [0.5, 0.6) is 0 Å². The number of amides is 2. The van der Waals surface area contributed by atoms with Gasteiger partial charge in [-0.05, 0) is 30.5 Å². The summed E-state index contributed by atoms with van der Waals surface area (Å²) in [5, 5.41) is 14.0. The fourth-order valence-corrected chi connectivity index (χ4v) is 1.67. The molecular weight excluding hydrogens is 270 g/mol.